The molecule has 0 heterocycles. The molecule has 2 saturated carbocycles. The zero-order valence-electron chi connectivity index (χ0n) is 21.5. The third-order valence-electron chi connectivity index (χ3n) is 11.6. The Morgan fingerprint density at radius 3 is 2.44 bits per heavy atom. The van der Waals surface area contributed by atoms with Gasteiger partial charge in [0, 0.05) is 0 Å². The van der Waals surface area contributed by atoms with Crippen molar-refractivity contribution in [2.75, 3.05) is 0 Å². The first kappa shape index (κ1) is 24.5. The van der Waals surface area contributed by atoms with Crippen molar-refractivity contribution >= 4 is 0 Å². The summed E-state index contributed by atoms with van der Waals surface area (Å²) < 4.78 is 0. The predicted octanol–water partition coefficient (Wildman–Crippen LogP) is 7.56. The van der Waals surface area contributed by atoms with E-state index in [1.165, 1.54) is 38.5 Å². The molecule has 0 aliphatic heterocycles. The lowest BCUT2D eigenvalue weighted by molar-refractivity contribution is -0.270. The fourth-order valence-corrected chi connectivity index (χ4v) is 9.26. The van der Waals surface area contributed by atoms with Crippen LogP contribution in [0.5, 0.6) is 0 Å². The van der Waals surface area contributed by atoms with Crippen LogP contribution in [0.15, 0.2) is 23.3 Å². The highest BCUT2D eigenvalue weighted by molar-refractivity contribution is 5.38. The van der Waals surface area contributed by atoms with Gasteiger partial charge in [0.15, 0.2) is 0 Å². The van der Waals surface area contributed by atoms with Crippen molar-refractivity contribution < 1.29 is 15.3 Å². The highest BCUT2D eigenvalue weighted by Crippen LogP contribution is 2.71. The quantitative estimate of drug-likeness (QED) is 0.252. The van der Waals surface area contributed by atoms with E-state index in [2.05, 4.69) is 41.2 Å². The first-order valence-corrected chi connectivity index (χ1v) is 13.4. The minimum absolute atomic E-state index is 0.109. The second-order valence-corrected chi connectivity index (χ2v) is 12.9. The van der Waals surface area contributed by atoms with E-state index in [1.54, 1.807) is 5.57 Å². The smallest absolute Gasteiger partial charge is 0.113 e. The molecule has 0 bridgehead atoms. The molecule has 0 aromatic carbocycles. The molecule has 2 fully saturated rings. The average Bonchev–Trinajstić information content (AvgIpc) is 3.02. The van der Waals surface area contributed by atoms with E-state index in [0.29, 0.717) is 34.0 Å². The van der Waals surface area contributed by atoms with Crippen molar-refractivity contribution in [3.63, 3.8) is 0 Å². The van der Waals surface area contributed by atoms with Crippen molar-refractivity contribution in [1.82, 2.24) is 0 Å². The zero-order valence-corrected chi connectivity index (χ0v) is 21.5. The van der Waals surface area contributed by atoms with E-state index in [-0.39, 0.29) is 12.2 Å². The Morgan fingerprint density at radius 1 is 1.06 bits per heavy atom. The molecule has 2 N–H and O–H groups in total. The zero-order chi connectivity index (χ0) is 23.5. The largest absolute Gasteiger partial charge is 0.393 e. The molecule has 9 atom stereocenters. The SMILES string of the molecule is C=C(C)[C@@H](CC[C@@H](C)[C@H]1CC[C@@]2(C)C3=C(CC[C@]12C)[C@@]1(C)CC[C@H](O)[C@@H](C)[C@@H]1CC3)OO. The average molecular weight is 445 g/mol. The van der Waals surface area contributed by atoms with Crippen LogP contribution in [0.2, 0.25) is 0 Å². The molecule has 0 amide bonds. The molecule has 3 heteroatoms. The molecular formula is C29H48O3. The van der Waals surface area contributed by atoms with E-state index in [1.807, 2.05) is 12.5 Å². The second kappa shape index (κ2) is 8.54. The minimum atomic E-state index is -0.238. The molecule has 0 radical (unpaired) electrons. The van der Waals surface area contributed by atoms with Crippen molar-refractivity contribution in [3.8, 4) is 0 Å². The van der Waals surface area contributed by atoms with Gasteiger partial charge in [-0.25, -0.2) is 4.89 Å². The highest BCUT2D eigenvalue weighted by atomic mass is 17.1. The van der Waals surface area contributed by atoms with Crippen molar-refractivity contribution in [1.29, 1.82) is 0 Å². The van der Waals surface area contributed by atoms with Crippen LogP contribution in [0, 0.1) is 39.9 Å². The van der Waals surface area contributed by atoms with Crippen LogP contribution >= 0.6 is 0 Å². The third kappa shape index (κ3) is 3.48. The van der Waals surface area contributed by atoms with Gasteiger partial charge in [-0.3, -0.25) is 5.26 Å². The number of fused-ring (bicyclic) bond motifs is 4. The van der Waals surface area contributed by atoms with Crippen LogP contribution in [0.25, 0.3) is 0 Å². The van der Waals surface area contributed by atoms with Gasteiger partial charge >= 0.3 is 0 Å². The summed E-state index contributed by atoms with van der Waals surface area (Å²) >= 11 is 0. The van der Waals surface area contributed by atoms with E-state index in [9.17, 15) is 10.4 Å². The summed E-state index contributed by atoms with van der Waals surface area (Å²) in [5, 5.41) is 19.8. The number of hydrogen-bond acceptors (Lipinski definition) is 3. The fraction of sp³-hybridized carbons (Fsp3) is 0.862. The van der Waals surface area contributed by atoms with Crippen LogP contribution in [-0.4, -0.2) is 22.6 Å². The number of allylic oxidation sites excluding steroid dienone is 2. The van der Waals surface area contributed by atoms with Gasteiger partial charge in [-0.15, -0.1) is 0 Å². The molecule has 0 spiro atoms. The lowest BCUT2D eigenvalue weighted by Gasteiger charge is -2.60. The van der Waals surface area contributed by atoms with Crippen LogP contribution in [-0.2, 0) is 4.89 Å². The van der Waals surface area contributed by atoms with E-state index in [0.717, 1.165) is 37.2 Å². The van der Waals surface area contributed by atoms with Gasteiger partial charge in [0.1, 0.15) is 6.10 Å². The van der Waals surface area contributed by atoms with Gasteiger partial charge in [0.25, 0.3) is 0 Å². The Kier molecular flexibility index (Phi) is 6.53. The summed E-state index contributed by atoms with van der Waals surface area (Å²) in [4.78, 5) is 4.70. The molecule has 4 rings (SSSR count). The van der Waals surface area contributed by atoms with Gasteiger partial charge < -0.3 is 5.11 Å². The van der Waals surface area contributed by atoms with Crippen molar-refractivity contribution in [2.45, 2.75) is 118 Å². The third-order valence-corrected chi connectivity index (χ3v) is 11.6. The Labute approximate surface area is 196 Å². The van der Waals surface area contributed by atoms with Gasteiger partial charge in [-0.2, -0.15) is 0 Å². The van der Waals surface area contributed by atoms with E-state index < -0.39 is 0 Å². The maximum atomic E-state index is 10.6. The topological polar surface area (TPSA) is 49.7 Å². The molecule has 0 aromatic rings. The first-order chi connectivity index (χ1) is 15.0. The normalized spacial score (nSPS) is 45.6. The second-order valence-electron chi connectivity index (χ2n) is 12.9. The fourth-order valence-electron chi connectivity index (χ4n) is 9.26. The Bertz CT molecular complexity index is 770. The van der Waals surface area contributed by atoms with Crippen molar-refractivity contribution in [3.05, 3.63) is 23.3 Å². The first-order valence-electron chi connectivity index (χ1n) is 13.4. The standard InChI is InChI=1S/C29H48O3/c1-18(2)26(32-31)11-8-19(3)21-12-16-29(7)24-10-9-22-20(4)25(30)14-15-27(22,5)23(24)13-17-28(21,29)6/h19-22,25-26,30-31H,1,8-17H2,2-7H3/t19-,20+,21-,22+,25+,26-,27+,28-,29+/m1/s1. The van der Waals surface area contributed by atoms with Crippen LogP contribution in [0.4, 0.5) is 0 Å². The molecule has 3 nitrogen and oxygen atoms in total. The lowest BCUT2D eigenvalue weighted by atomic mass is 9.45. The maximum Gasteiger partial charge on any atom is 0.113 e. The highest BCUT2D eigenvalue weighted by Gasteiger charge is 2.62. The molecule has 4 aliphatic carbocycles. The number of aliphatic hydroxyl groups excluding tert-OH is 1. The van der Waals surface area contributed by atoms with Crippen LogP contribution in [0.1, 0.15) is 106 Å². The summed E-state index contributed by atoms with van der Waals surface area (Å²) in [6, 6.07) is 0. The number of aliphatic hydroxyl groups is 1. The lowest BCUT2D eigenvalue weighted by Crippen LogP contribution is -2.51. The molecule has 0 aromatic heterocycles. The Hall–Kier alpha value is -0.640. The minimum Gasteiger partial charge on any atom is -0.393 e. The number of rotatable bonds is 6. The summed E-state index contributed by atoms with van der Waals surface area (Å²) in [6.45, 7) is 18.4. The Balaban J connectivity index is 1.59. The monoisotopic (exact) mass is 444 g/mol. The van der Waals surface area contributed by atoms with Crippen LogP contribution in [0.3, 0.4) is 0 Å². The molecular weight excluding hydrogens is 396 g/mol. The van der Waals surface area contributed by atoms with Crippen LogP contribution < -0.4 is 0 Å². The van der Waals surface area contributed by atoms with E-state index >= 15 is 0 Å². The molecule has 4 aliphatic rings. The molecule has 0 unspecified atom stereocenters. The van der Waals surface area contributed by atoms with E-state index in [4.69, 9.17) is 4.89 Å². The molecule has 182 valence electrons. The Morgan fingerprint density at radius 2 is 1.78 bits per heavy atom. The van der Waals surface area contributed by atoms with Gasteiger partial charge in [-0.05, 0) is 117 Å². The molecule has 0 saturated heterocycles. The summed E-state index contributed by atoms with van der Waals surface area (Å²) in [5.74, 6) is 2.42. The number of hydrogen-bond donors (Lipinski definition) is 2. The molecule has 32 heavy (non-hydrogen) atoms. The predicted molar refractivity (Wildman–Crippen MR) is 131 cm³/mol. The van der Waals surface area contributed by atoms with Gasteiger partial charge in [-0.1, -0.05) is 52.3 Å². The van der Waals surface area contributed by atoms with Gasteiger partial charge in [0.2, 0.25) is 0 Å². The maximum absolute atomic E-state index is 10.6. The van der Waals surface area contributed by atoms with Crippen molar-refractivity contribution in [2.24, 2.45) is 39.9 Å². The summed E-state index contributed by atoms with van der Waals surface area (Å²) in [7, 11) is 0. The summed E-state index contributed by atoms with van der Waals surface area (Å²) in [5.41, 5.74) is 5.50. The van der Waals surface area contributed by atoms with Gasteiger partial charge in [0.05, 0.1) is 6.10 Å². The summed E-state index contributed by atoms with van der Waals surface area (Å²) in [6.07, 6.45) is 11.4.